The molecule has 0 bridgehead atoms. The second kappa shape index (κ2) is 6.21. The van der Waals surface area contributed by atoms with Gasteiger partial charge >= 0.3 is 0 Å². The van der Waals surface area contributed by atoms with Crippen molar-refractivity contribution in [2.75, 3.05) is 13.6 Å². The van der Waals surface area contributed by atoms with Crippen molar-refractivity contribution >= 4 is 10.0 Å². The van der Waals surface area contributed by atoms with Crippen LogP contribution in [0.3, 0.4) is 0 Å². The molecule has 0 atom stereocenters. The van der Waals surface area contributed by atoms with Gasteiger partial charge in [-0.15, -0.1) is 0 Å². The number of hydrogen-bond donors (Lipinski definition) is 2. The summed E-state index contributed by atoms with van der Waals surface area (Å²) in [6.07, 6.45) is 0.894. The molecule has 0 unspecified atom stereocenters. The minimum atomic E-state index is -4.00. The van der Waals surface area contributed by atoms with E-state index in [1.807, 2.05) is 11.6 Å². The van der Waals surface area contributed by atoms with Crippen molar-refractivity contribution in [3.05, 3.63) is 29.3 Å². The monoisotopic (exact) mass is 278 g/mol. The molecule has 1 rings (SSSR count). The van der Waals surface area contributed by atoms with Gasteiger partial charge in [0.25, 0.3) is 0 Å². The highest BCUT2D eigenvalue weighted by Gasteiger charge is 2.21. The van der Waals surface area contributed by atoms with Crippen LogP contribution in [0.5, 0.6) is 0 Å². The van der Waals surface area contributed by atoms with E-state index in [1.165, 1.54) is 0 Å². The van der Waals surface area contributed by atoms with Crippen LogP contribution >= 0.6 is 0 Å². The first-order valence-corrected chi connectivity index (χ1v) is 7.03. The zero-order valence-corrected chi connectivity index (χ0v) is 11.1. The molecule has 0 amide bonds. The summed E-state index contributed by atoms with van der Waals surface area (Å²) in [5, 5.41) is 2.99. The summed E-state index contributed by atoms with van der Waals surface area (Å²) in [6, 6.07) is 2.12. The first-order valence-electron chi connectivity index (χ1n) is 5.54. The fourth-order valence-corrected chi connectivity index (χ4v) is 2.29. The van der Waals surface area contributed by atoms with Gasteiger partial charge in [-0.25, -0.2) is 21.9 Å². The second-order valence-corrected chi connectivity index (χ2v) is 5.63. The first kappa shape index (κ1) is 15.0. The quantitative estimate of drug-likeness (QED) is 0.773. The summed E-state index contributed by atoms with van der Waals surface area (Å²) in [5.74, 6) is -2.52. The van der Waals surface area contributed by atoms with E-state index in [1.54, 1.807) is 0 Å². The number of benzene rings is 1. The zero-order valence-electron chi connectivity index (χ0n) is 10.3. The fraction of sp³-hybridized carbons (Fsp3) is 0.455. The number of rotatable bonds is 6. The maximum Gasteiger partial charge on any atom is 0.243 e. The molecule has 0 fully saturated rings. The number of nitrogens with one attached hydrogen (secondary N) is 2. The average Bonchev–Trinajstić information content (AvgIpc) is 2.33. The Bertz CT molecular complexity index is 518. The fourth-order valence-electron chi connectivity index (χ4n) is 1.43. The maximum absolute atomic E-state index is 13.4. The van der Waals surface area contributed by atoms with Crippen molar-refractivity contribution in [1.82, 2.24) is 10.0 Å². The predicted octanol–water partition coefficient (Wildman–Crippen LogP) is 1.37. The van der Waals surface area contributed by atoms with Gasteiger partial charge in [-0.05, 0) is 37.7 Å². The van der Waals surface area contributed by atoms with Gasteiger partial charge in [0.15, 0.2) is 11.6 Å². The first-order chi connectivity index (χ1) is 8.42. The van der Waals surface area contributed by atoms with Gasteiger partial charge in [0.05, 0.1) is 0 Å². The third-order valence-electron chi connectivity index (χ3n) is 2.37. The van der Waals surface area contributed by atoms with E-state index in [2.05, 4.69) is 5.32 Å². The molecule has 2 N–H and O–H groups in total. The topological polar surface area (TPSA) is 58.2 Å². The summed E-state index contributed by atoms with van der Waals surface area (Å²) < 4.78 is 51.8. The molecule has 1 aromatic carbocycles. The molecule has 0 heterocycles. The Labute approximate surface area is 105 Å². The molecule has 1 aromatic rings. The number of hydrogen-bond acceptors (Lipinski definition) is 3. The minimum absolute atomic E-state index is 0.289. The lowest BCUT2D eigenvalue weighted by Gasteiger charge is -2.09. The second-order valence-electron chi connectivity index (χ2n) is 3.77. The van der Waals surface area contributed by atoms with E-state index in [9.17, 15) is 17.2 Å². The van der Waals surface area contributed by atoms with Crippen molar-refractivity contribution in [3.8, 4) is 0 Å². The van der Waals surface area contributed by atoms with Crippen LogP contribution in [0.2, 0.25) is 0 Å². The summed E-state index contributed by atoms with van der Waals surface area (Å²) >= 11 is 0. The van der Waals surface area contributed by atoms with Gasteiger partial charge in [0.2, 0.25) is 10.0 Å². The van der Waals surface area contributed by atoms with Crippen LogP contribution in [0.15, 0.2) is 17.0 Å². The van der Waals surface area contributed by atoms with Crippen LogP contribution in [0.4, 0.5) is 8.78 Å². The SMILES string of the molecule is CCCNCc1cc(F)c(F)c(S(=O)(=O)NC)c1. The molecule has 0 spiro atoms. The highest BCUT2D eigenvalue weighted by atomic mass is 32.2. The Balaban J connectivity index is 3.11. The van der Waals surface area contributed by atoms with E-state index < -0.39 is 26.6 Å². The molecule has 0 aromatic heterocycles. The van der Waals surface area contributed by atoms with Gasteiger partial charge < -0.3 is 5.32 Å². The zero-order chi connectivity index (χ0) is 13.8. The smallest absolute Gasteiger partial charge is 0.243 e. The van der Waals surface area contributed by atoms with Gasteiger partial charge in [-0.3, -0.25) is 0 Å². The van der Waals surface area contributed by atoms with Crippen LogP contribution in [-0.4, -0.2) is 22.0 Å². The van der Waals surface area contributed by atoms with E-state index in [-0.39, 0.29) is 6.54 Å². The van der Waals surface area contributed by atoms with Crippen LogP contribution in [0.25, 0.3) is 0 Å². The Morgan fingerprint density at radius 1 is 1.28 bits per heavy atom. The molecule has 0 aliphatic carbocycles. The summed E-state index contributed by atoms with van der Waals surface area (Å²) in [5.41, 5.74) is 0.385. The predicted molar refractivity (Wildman–Crippen MR) is 64.6 cm³/mol. The summed E-state index contributed by atoms with van der Waals surface area (Å²) in [6.45, 7) is 2.97. The summed E-state index contributed by atoms with van der Waals surface area (Å²) in [4.78, 5) is -0.668. The van der Waals surface area contributed by atoms with Crippen LogP contribution in [0, 0.1) is 11.6 Å². The Hall–Kier alpha value is -1.05. The summed E-state index contributed by atoms with van der Waals surface area (Å²) in [7, 11) is -2.85. The molecule has 4 nitrogen and oxygen atoms in total. The molecule has 0 saturated carbocycles. The third kappa shape index (κ3) is 3.47. The Kier molecular flexibility index (Phi) is 5.18. The van der Waals surface area contributed by atoms with E-state index >= 15 is 0 Å². The van der Waals surface area contributed by atoms with Crippen molar-refractivity contribution in [3.63, 3.8) is 0 Å². The van der Waals surface area contributed by atoms with E-state index in [0.29, 0.717) is 12.1 Å². The normalized spacial score (nSPS) is 11.8. The molecular weight excluding hydrogens is 262 g/mol. The van der Waals surface area contributed by atoms with Gasteiger partial charge in [-0.2, -0.15) is 0 Å². The van der Waals surface area contributed by atoms with Crippen molar-refractivity contribution in [2.45, 2.75) is 24.8 Å². The Morgan fingerprint density at radius 3 is 2.50 bits per heavy atom. The van der Waals surface area contributed by atoms with Crippen LogP contribution in [0.1, 0.15) is 18.9 Å². The molecule has 0 radical (unpaired) electrons. The van der Waals surface area contributed by atoms with Crippen molar-refractivity contribution in [2.24, 2.45) is 0 Å². The number of halogens is 2. The number of sulfonamides is 1. The van der Waals surface area contributed by atoms with Crippen LogP contribution in [-0.2, 0) is 16.6 Å². The molecule has 7 heteroatoms. The van der Waals surface area contributed by atoms with Gasteiger partial charge in [-0.1, -0.05) is 6.92 Å². The molecular formula is C11H16F2N2O2S. The lowest BCUT2D eigenvalue weighted by atomic mass is 10.2. The van der Waals surface area contributed by atoms with Gasteiger partial charge in [0, 0.05) is 6.54 Å². The van der Waals surface area contributed by atoms with E-state index in [0.717, 1.165) is 25.6 Å². The molecule has 0 aliphatic rings. The molecule has 18 heavy (non-hydrogen) atoms. The molecule has 0 aliphatic heterocycles. The average molecular weight is 278 g/mol. The lowest BCUT2D eigenvalue weighted by molar-refractivity contribution is 0.481. The lowest BCUT2D eigenvalue weighted by Crippen LogP contribution is -2.21. The largest absolute Gasteiger partial charge is 0.313 e. The minimum Gasteiger partial charge on any atom is -0.313 e. The molecule has 0 saturated heterocycles. The van der Waals surface area contributed by atoms with Gasteiger partial charge in [0.1, 0.15) is 4.90 Å². The standard InChI is InChI=1S/C11H16F2N2O2S/c1-3-4-15-7-8-5-9(12)11(13)10(6-8)18(16,17)14-2/h5-6,14-15H,3-4,7H2,1-2H3. The Morgan fingerprint density at radius 2 is 1.94 bits per heavy atom. The van der Waals surface area contributed by atoms with Crippen molar-refractivity contribution in [1.29, 1.82) is 0 Å². The third-order valence-corrected chi connectivity index (χ3v) is 3.78. The van der Waals surface area contributed by atoms with Crippen LogP contribution < -0.4 is 10.0 Å². The highest BCUT2D eigenvalue weighted by Crippen LogP contribution is 2.19. The maximum atomic E-state index is 13.4. The highest BCUT2D eigenvalue weighted by molar-refractivity contribution is 7.89. The molecule has 102 valence electrons. The van der Waals surface area contributed by atoms with E-state index in [4.69, 9.17) is 0 Å². The van der Waals surface area contributed by atoms with Crippen molar-refractivity contribution < 1.29 is 17.2 Å².